The van der Waals surface area contributed by atoms with Crippen LogP contribution in [0.25, 0.3) is 11.1 Å². The lowest BCUT2D eigenvalue weighted by molar-refractivity contribution is 0.220. The first-order valence-electron chi connectivity index (χ1n) is 18.6. The van der Waals surface area contributed by atoms with E-state index in [9.17, 15) is 13.5 Å². The molecule has 7 nitrogen and oxygen atoms in total. The molecule has 55 heavy (non-hydrogen) atoms. The lowest BCUT2D eigenvalue weighted by atomic mass is 9.92. The van der Waals surface area contributed by atoms with Crippen LogP contribution in [0.3, 0.4) is 0 Å². The lowest BCUT2D eigenvalue weighted by Gasteiger charge is -2.19. The van der Waals surface area contributed by atoms with Crippen LogP contribution in [0.5, 0.6) is 17.2 Å². The molecule has 0 saturated carbocycles. The molecule has 0 aromatic heterocycles. The van der Waals surface area contributed by atoms with E-state index in [4.69, 9.17) is 18.8 Å². The highest BCUT2D eigenvalue weighted by Crippen LogP contribution is 2.39. The molecule has 0 saturated heterocycles. The molecule has 0 aliphatic heterocycles. The molecule has 0 bridgehead atoms. The fourth-order valence-electron chi connectivity index (χ4n) is 6.06. The van der Waals surface area contributed by atoms with Crippen LogP contribution in [-0.2, 0) is 23.1 Å². The molecule has 0 aliphatic rings. The van der Waals surface area contributed by atoms with Gasteiger partial charge in [-0.15, -0.1) is 0 Å². The van der Waals surface area contributed by atoms with Crippen molar-refractivity contribution in [1.29, 1.82) is 0 Å². The van der Waals surface area contributed by atoms with Gasteiger partial charge in [0.25, 0.3) is 0 Å². The third-order valence-electron chi connectivity index (χ3n) is 9.02. The number of rotatable bonds is 19. The van der Waals surface area contributed by atoms with Crippen LogP contribution in [0.2, 0.25) is 0 Å². The normalized spacial score (nSPS) is 11.9. The Labute approximate surface area is 328 Å². The van der Waals surface area contributed by atoms with E-state index in [2.05, 4.69) is 6.92 Å². The highest BCUT2D eigenvalue weighted by atomic mass is 32.2. The highest BCUT2D eigenvalue weighted by molar-refractivity contribution is 8.00. The number of aryl methyl sites for hydroxylation is 1. The summed E-state index contributed by atoms with van der Waals surface area (Å²) in [5.41, 5.74) is 4.72. The van der Waals surface area contributed by atoms with E-state index in [-0.39, 0.29) is 17.3 Å². The topological polar surface area (TPSA) is 102 Å². The predicted molar refractivity (Wildman–Crippen MR) is 218 cm³/mol. The SMILES string of the molecule is CCCCOc1ccc(Sc2ccc(-c3ccccc3C(O)c3cccc(COc4ccc(CCCCO)cc4)c3)cc2S(=O)(=O)Oc2ccccc2)cc1. The molecule has 0 amide bonds. The third kappa shape index (κ3) is 11.0. The van der Waals surface area contributed by atoms with Crippen molar-refractivity contribution < 1.29 is 32.3 Å². The molecule has 0 aliphatic carbocycles. The lowest BCUT2D eigenvalue weighted by Crippen LogP contribution is -2.11. The van der Waals surface area contributed by atoms with Crippen LogP contribution in [0, 0.1) is 0 Å². The number of hydrogen-bond donors (Lipinski definition) is 2. The summed E-state index contributed by atoms with van der Waals surface area (Å²) in [6, 6.07) is 44.4. The maximum Gasteiger partial charge on any atom is 0.340 e. The van der Waals surface area contributed by atoms with Gasteiger partial charge in [0.2, 0.25) is 0 Å². The summed E-state index contributed by atoms with van der Waals surface area (Å²) in [7, 11) is -4.28. The van der Waals surface area contributed by atoms with Gasteiger partial charge in [-0.25, -0.2) is 0 Å². The van der Waals surface area contributed by atoms with Crippen molar-refractivity contribution in [1.82, 2.24) is 0 Å². The first-order chi connectivity index (χ1) is 26.8. The molecule has 1 unspecified atom stereocenters. The standard InChI is InChI=1S/C46H46O7S2/c1-2-3-30-51-38-24-26-41(27-25-38)54-44-28-21-36(32-45(44)55(49,50)53-40-15-5-4-6-16-40)42-17-7-8-18-43(42)46(48)37-14-11-13-35(31-37)33-52-39-22-19-34(20-23-39)12-9-10-29-47/h4-8,11,13-28,31-32,46-48H,2-3,9-10,12,29-30,33H2,1H3. The van der Waals surface area contributed by atoms with Crippen LogP contribution in [-0.4, -0.2) is 31.8 Å². The Morgan fingerprint density at radius 2 is 1.40 bits per heavy atom. The molecule has 0 radical (unpaired) electrons. The first kappa shape index (κ1) is 39.6. The molecule has 0 spiro atoms. The summed E-state index contributed by atoms with van der Waals surface area (Å²) in [5, 5.41) is 20.9. The van der Waals surface area contributed by atoms with E-state index in [0.717, 1.165) is 54.1 Å². The Kier molecular flexibility index (Phi) is 14.1. The molecule has 284 valence electrons. The van der Waals surface area contributed by atoms with Crippen molar-refractivity contribution in [3.05, 3.63) is 168 Å². The average Bonchev–Trinajstić information content (AvgIpc) is 3.21. The fourth-order valence-corrected chi connectivity index (χ4v) is 8.35. The van der Waals surface area contributed by atoms with Gasteiger partial charge in [0, 0.05) is 16.4 Å². The molecule has 6 aromatic rings. The van der Waals surface area contributed by atoms with E-state index in [1.807, 2.05) is 103 Å². The number of aliphatic hydroxyl groups excluding tert-OH is 2. The molecule has 2 N–H and O–H groups in total. The van der Waals surface area contributed by atoms with Crippen LogP contribution in [0.4, 0.5) is 0 Å². The molecule has 6 rings (SSSR count). The van der Waals surface area contributed by atoms with Crippen molar-refractivity contribution in [2.75, 3.05) is 13.2 Å². The Balaban J connectivity index is 1.25. The van der Waals surface area contributed by atoms with Crippen molar-refractivity contribution in [3.63, 3.8) is 0 Å². The van der Waals surface area contributed by atoms with Gasteiger partial charge in [-0.1, -0.05) is 104 Å². The monoisotopic (exact) mass is 774 g/mol. The van der Waals surface area contributed by atoms with Gasteiger partial charge >= 0.3 is 10.1 Å². The largest absolute Gasteiger partial charge is 0.494 e. The first-order valence-corrected chi connectivity index (χ1v) is 20.8. The molecule has 6 aromatic carbocycles. The van der Waals surface area contributed by atoms with E-state index in [1.54, 1.807) is 42.5 Å². The summed E-state index contributed by atoms with van der Waals surface area (Å²) in [6.45, 7) is 3.28. The number of benzene rings is 6. The Morgan fingerprint density at radius 3 is 2.16 bits per heavy atom. The smallest absolute Gasteiger partial charge is 0.340 e. The second kappa shape index (κ2) is 19.5. The third-order valence-corrected chi connectivity index (χ3v) is 11.5. The zero-order valence-electron chi connectivity index (χ0n) is 30.8. The molecular formula is C46H46O7S2. The predicted octanol–water partition coefficient (Wildman–Crippen LogP) is 10.4. The second-order valence-electron chi connectivity index (χ2n) is 13.1. The molecular weight excluding hydrogens is 729 g/mol. The maximum absolute atomic E-state index is 14.0. The van der Waals surface area contributed by atoms with Gasteiger partial charge in [0.15, 0.2) is 0 Å². The van der Waals surface area contributed by atoms with E-state index in [0.29, 0.717) is 40.4 Å². The van der Waals surface area contributed by atoms with E-state index in [1.165, 1.54) is 17.3 Å². The van der Waals surface area contributed by atoms with Crippen LogP contribution < -0.4 is 13.7 Å². The molecule has 1 atom stereocenters. The number of para-hydroxylation sites is 1. The number of unbranched alkanes of at least 4 members (excludes halogenated alkanes) is 2. The summed E-state index contributed by atoms with van der Waals surface area (Å²) in [6.07, 6.45) is 3.65. The van der Waals surface area contributed by atoms with Crippen LogP contribution in [0.1, 0.15) is 61.0 Å². The zero-order valence-corrected chi connectivity index (χ0v) is 32.5. The van der Waals surface area contributed by atoms with E-state index < -0.39 is 16.2 Å². The molecule has 0 heterocycles. The molecule has 9 heteroatoms. The van der Waals surface area contributed by atoms with Gasteiger partial charge < -0.3 is 23.9 Å². The Morgan fingerprint density at radius 1 is 0.673 bits per heavy atom. The zero-order chi connectivity index (χ0) is 38.5. The highest BCUT2D eigenvalue weighted by Gasteiger charge is 2.24. The van der Waals surface area contributed by atoms with Crippen LogP contribution in [0.15, 0.2) is 160 Å². The fraction of sp³-hybridized carbons (Fsp3) is 0.217. The average molecular weight is 775 g/mol. The van der Waals surface area contributed by atoms with Crippen molar-refractivity contribution in [2.45, 2.75) is 66.4 Å². The van der Waals surface area contributed by atoms with Crippen molar-refractivity contribution >= 4 is 21.9 Å². The minimum Gasteiger partial charge on any atom is -0.494 e. The Hall–Kier alpha value is -5.06. The van der Waals surface area contributed by atoms with Crippen molar-refractivity contribution in [2.24, 2.45) is 0 Å². The quantitative estimate of drug-likeness (QED) is 0.0620. The summed E-state index contributed by atoms with van der Waals surface area (Å²) < 4.78 is 45.5. The summed E-state index contributed by atoms with van der Waals surface area (Å²) in [5.74, 6) is 1.72. The van der Waals surface area contributed by atoms with Gasteiger partial charge in [-0.05, 0) is 126 Å². The number of aliphatic hydroxyl groups is 2. The summed E-state index contributed by atoms with van der Waals surface area (Å²) in [4.78, 5) is 1.36. The van der Waals surface area contributed by atoms with Gasteiger partial charge in [0.1, 0.15) is 34.9 Å². The van der Waals surface area contributed by atoms with Gasteiger partial charge in [0.05, 0.1) is 6.61 Å². The van der Waals surface area contributed by atoms with E-state index >= 15 is 0 Å². The Bertz CT molecular complexity index is 2220. The van der Waals surface area contributed by atoms with Gasteiger partial charge in [-0.2, -0.15) is 8.42 Å². The van der Waals surface area contributed by atoms with Crippen molar-refractivity contribution in [3.8, 4) is 28.4 Å². The number of hydrogen-bond acceptors (Lipinski definition) is 8. The minimum atomic E-state index is -4.28. The van der Waals surface area contributed by atoms with Crippen LogP contribution >= 0.6 is 11.8 Å². The van der Waals surface area contributed by atoms with Gasteiger partial charge in [-0.3, -0.25) is 0 Å². The minimum absolute atomic E-state index is 0.0174. The molecule has 0 fully saturated rings. The second-order valence-corrected chi connectivity index (χ2v) is 15.8. The number of ether oxygens (including phenoxy) is 2. The summed E-state index contributed by atoms with van der Waals surface area (Å²) >= 11 is 1.32. The maximum atomic E-state index is 14.0.